The Bertz CT molecular complexity index is 1130. The third kappa shape index (κ3) is 4.14. The van der Waals surface area contributed by atoms with Gasteiger partial charge in [-0.05, 0) is 54.5 Å². The van der Waals surface area contributed by atoms with E-state index in [1.54, 1.807) is 34.9 Å². The largest absolute Gasteiger partial charge is 0.383 e. The number of methoxy groups -OCH3 is 1. The summed E-state index contributed by atoms with van der Waals surface area (Å²) in [6.07, 6.45) is 3.08. The fourth-order valence-corrected chi connectivity index (χ4v) is 4.70. The molecule has 0 bridgehead atoms. The number of carbonyl (C=O) groups is 1. The molecule has 1 amide bonds. The van der Waals surface area contributed by atoms with Gasteiger partial charge in [0.1, 0.15) is 11.6 Å². The SMILES string of the molecule is COCCn1cc(C(=O)N2CCC(c3cc(CN)ccc3F)CC2)c2c(C)ccc(F)c21. The molecular formula is C25H29F2N3O2. The van der Waals surface area contributed by atoms with E-state index in [0.29, 0.717) is 67.7 Å². The number of amides is 1. The van der Waals surface area contributed by atoms with Crippen molar-refractivity contribution >= 4 is 16.8 Å². The highest BCUT2D eigenvalue weighted by molar-refractivity contribution is 6.08. The summed E-state index contributed by atoms with van der Waals surface area (Å²) in [6.45, 7) is 4.18. The summed E-state index contributed by atoms with van der Waals surface area (Å²) in [5, 5.41) is 0.648. The van der Waals surface area contributed by atoms with Crippen LogP contribution in [0.2, 0.25) is 0 Å². The fraction of sp³-hybridized carbons (Fsp3) is 0.400. The van der Waals surface area contributed by atoms with Crippen molar-refractivity contribution in [1.29, 1.82) is 0 Å². The molecule has 0 saturated carbocycles. The first-order valence-electron chi connectivity index (χ1n) is 11.0. The molecule has 1 aliphatic rings. The summed E-state index contributed by atoms with van der Waals surface area (Å²) in [6, 6.07) is 8.16. The summed E-state index contributed by atoms with van der Waals surface area (Å²) >= 11 is 0. The standard InChI is InChI=1S/C25H29F2N3O2/c1-16-3-5-22(27)24-23(16)20(15-30(24)11-12-32-2)25(31)29-9-7-18(8-10-29)19-13-17(14-28)4-6-21(19)26/h3-6,13,15,18H,7-12,14,28H2,1-2H3. The Morgan fingerprint density at radius 3 is 2.56 bits per heavy atom. The number of likely N-dealkylation sites (tertiary alicyclic amines) is 1. The van der Waals surface area contributed by atoms with Gasteiger partial charge in [0.25, 0.3) is 5.91 Å². The van der Waals surface area contributed by atoms with Crippen LogP contribution in [-0.4, -0.2) is 42.2 Å². The number of halogens is 2. The van der Waals surface area contributed by atoms with E-state index in [2.05, 4.69) is 0 Å². The number of nitrogens with two attached hydrogens (primary N) is 1. The van der Waals surface area contributed by atoms with E-state index in [9.17, 15) is 13.6 Å². The molecule has 32 heavy (non-hydrogen) atoms. The number of carbonyl (C=O) groups excluding carboxylic acids is 1. The molecule has 2 N–H and O–H groups in total. The Balaban J connectivity index is 1.58. The molecule has 2 heterocycles. The summed E-state index contributed by atoms with van der Waals surface area (Å²) in [5.74, 6) is -0.642. The van der Waals surface area contributed by atoms with Crippen LogP contribution in [0.1, 0.15) is 45.8 Å². The van der Waals surface area contributed by atoms with E-state index >= 15 is 0 Å². The summed E-state index contributed by atoms with van der Waals surface area (Å²) in [7, 11) is 1.59. The Labute approximate surface area is 186 Å². The highest BCUT2D eigenvalue weighted by Gasteiger charge is 2.29. The second-order valence-electron chi connectivity index (χ2n) is 8.44. The van der Waals surface area contributed by atoms with Crippen molar-refractivity contribution in [2.75, 3.05) is 26.8 Å². The van der Waals surface area contributed by atoms with Crippen LogP contribution in [0.3, 0.4) is 0 Å². The topological polar surface area (TPSA) is 60.5 Å². The molecule has 1 saturated heterocycles. The maximum absolute atomic E-state index is 14.7. The number of aromatic nitrogens is 1. The highest BCUT2D eigenvalue weighted by Crippen LogP contribution is 2.33. The van der Waals surface area contributed by atoms with Crippen LogP contribution >= 0.6 is 0 Å². The average molecular weight is 442 g/mol. The lowest BCUT2D eigenvalue weighted by Gasteiger charge is -2.32. The van der Waals surface area contributed by atoms with E-state index in [0.717, 1.165) is 11.1 Å². The van der Waals surface area contributed by atoms with Crippen LogP contribution < -0.4 is 5.73 Å². The van der Waals surface area contributed by atoms with Crippen molar-refractivity contribution in [1.82, 2.24) is 9.47 Å². The molecule has 3 aromatic rings. The van der Waals surface area contributed by atoms with Gasteiger partial charge in [-0.3, -0.25) is 4.79 Å². The van der Waals surface area contributed by atoms with Crippen LogP contribution in [0.15, 0.2) is 36.5 Å². The Morgan fingerprint density at radius 1 is 1.16 bits per heavy atom. The second kappa shape index (κ2) is 9.38. The molecule has 2 aromatic carbocycles. The van der Waals surface area contributed by atoms with E-state index in [1.807, 2.05) is 13.0 Å². The lowest BCUT2D eigenvalue weighted by atomic mass is 9.88. The smallest absolute Gasteiger partial charge is 0.256 e. The molecule has 0 aliphatic carbocycles. The van der Waals surface area contributed by atoms with E-state index in [-0.39, 0.29) is 23.5 Å². The normalized spacial score (nSPS) is 15.0. The molecule has 0 unspecified atom stereocenters. The van der Waals surface area contributed by atoms with Gasteiger partial charge in [0.05, 0.1) is 17.7 Å². The number of rotatable bonds is 6. The molecule has 7 heteroatoms. The van der Waals surface area contributed by atoms with Crippen molar-refractivity contribution < 1.29 is 18.3 Å². The molecule has 1 aromatic heterocycles. The maximum Gasteiger partial charge on any atom is 0.256 e. The summed E-state index contributed by atoms with van der Waals surface area (Å²) < 4.78 is 36.0. The number of ether oxygens (including phenoxy) is 1. The number of hydrogen-bond acceptors (Lipinski definition) is 3. The first-order valence-corrected chi connectivity index (χ1v) is 11.0. The van der Waals surface area contributed by atoms with Gasteiger partial charge in [0.2, 0.25) is 0 Å². The van der Waals surface area contributed by atoms with Crippen molar-refractivity contribution in [2.24, 2.45) is 5.73 Å². The number of aryl methyl sites for hydroxylation is 1. The van der Waals surface area contributed by atoms with Crippen molar-refractivity contribution in [3.8, 4) is 0 Å². The number of nitrogens with zero attached hydrogens (tertiary/aromatic N) is 2. The van der Waals surface area contributed by atoms with Crippen LogP contribution in [-0.2, 0) is 17.8 Å². The third-order valence-electron chi connectivity index (χ3n) is 6.46. The fourth-order valence-electron chi connectivity index (χ4n) is 4.70. The molecule has 0 spiro atoms. The van der Waals surface area contributed by atoms with Gasteiger partial charge in [-0.15, -0.1) is 0 Å². The zero-order chi connectivity index (χ0) is 22.8. The lowest BCUT2D eigenvalue weighted by molar-refractivity contribution is 0.0714. The maximum atomic E-state index is 14.7. The quantitative estimate of drug-likeness (QED) is 0.619. The number of benzene rings is 2. The number of fused-ring (bicyclic) bond motifs is 1. The molecule has 4 rings (SSSR count). The highest BCUT2D eigenvalue weighted by atomic mass is 19.1. The molecular weight excluding hydrogens is 412 g/mol. The predicted octanol–water partition coefficient (Wildman–Crippen LogP) is 4.35. The van der Waals surface area contributed by atoms with Gasteiger partial charge in [-0.1, -0.05) is 18.2 Å². The monoisotopic (exact) mass is 441 g/mol. The number of hydrogen-bond donors (Lipinski definition) is 1. The Hall–Kier alpha value is -2.77. The first kappa shape index (κ1) is 22.4. The van der Waals surface area contributed by atoms with Crippen LogP contribution in [0.25, 0.3) is 10.9 Å². The lowest BCUT2D eigenvalue weighted by Crippen LogP contribution is -2.38. The predicted molar refractivity (Wildman–Crippen MR) is 121 cm³/mol. The third-order valence-corrected chi connectivity index (χ3v) is 6.46. The van der Waals surface area contributed by atoms with Gasteiger partial charge >= 0.3 is 0 Å². The Kier molecular flexibility index (Phi) is 6.58. The molecule has 170 valence electrons. The van der Waals surface area contributed by atoms with E-state index in [4.69, 9.17) is 10.5 Å². The van der Waals surface area contributed by atoms with Gasteiger partial charge in [0, 0.05) is 44.9 Å². The van der Waals surface area contributed by atoms with Crippen LogP contribution in [0, 0.1) is 18.6 Å². The zero-order valence-corrected chi connectivity index (χ0v) is 18.5. The molecule has 5 nitrogen and oxygen atoms in total. The molecule has 1 aliphatic heterocycles. The minimum atomic E-state index is -0.352. The Morgan fingerprint density at radius 2 is 1.88 bits per heavy atom. The molecule has 0 atom stereocenters. The average Bonchev–Trinajstić information content (AvgIpc) is 3.21. The first-order chi connectivity index (χ1) is 15.4. The van der Waals surface area contributed by atoms with Gasteiger partial charge < -0.3 is 19.9 Å². The van der Waals surface area contributed by atoms with Crippen molar-refractivity contribution in [2.45, 2.75) is 38.8 Å². The molecule has 0 radical (unpaired) electrons. The van der Waals surface area contributed by atoms with Gasteiger partial charge in [-0.2, -0.15) is 0 Å². The summed E-state index contributed by atoms with van der Waals surface area (Å²) in [4.78, 5) is 15.2. The minimum Gasteiger partial charge on any atom is -0.383 e. The van der Waals surface area contributed by atoms with E-state index in [1.165, 1.54) is 12.1 Å². The van der Waals surface area contributed by atoms with Gasteiger partial charge in [-0.25, -0.2) is 8.78 Å². The van der Waals surface area contributed by atoms with Gasteiger partial charge in [0.15, 0.2) is 0 Å². The van der Waals surface area contributed by atoms with Crippen molar-refractivity contribution in [3.63, 3.8) is 0 Å². The summed E-state index contributed by atoms with van der Waals surface area (Å²) in [5.41, 5.74) is 9.08. The van der Waals surface area contributed by atoms with E-state index < -0.39 is 0 Å². The van der Waals surface area contributed by atoms with Crippen molar-refractivity contribution in [3.05, 3.63) is 70.4 Å². The minimum absolute atomic E-state index is 0.0489. The molecule has 1 fully saturated rings. The second-order valence-corrected chi connectivity index (χ2v) is 8.44. The number of piperidine rings is 1. The van der Waals surface area contributed by atoms with Crippen LogP contribution in [0.5, 0.6) is 0 Å². The zero-order valence-electron chi connectivity index (χ0n) is 18.5. The van der Waals surface area contributed by atoms with Crippen LogP contribution in [0.4, 0.5) is 8.78 Å².